The number of aromatic nitrogens is 2. The number of nitrogens with one attached hydrogen (secondary N) is 1. The average molecular weight is 453 g/mol. The number of rotatable bonds is 6. The summed E-state index contributed by atoms with van der Waals surface area (Å²) in [7, 11) is 1.61. The molecule has 1 atom stereocenters. The van der Waals surface area contributed by atoms with Gasteiger partial charge in [-0.1, -0.05) is 35.9 Å². The highest BCUT2D eigenvalue weighted by Gasteiger charge is 2.47. The minimum Gasteiger partial charge on any atom is -0.497 e. The van der Waals surface area contributed by atoms with Gasteiger partial charge < -0.3 is 15.0 Å². The van der Waals surface area contributed by atoms with E-state index in [1.54, 1.807) is 41.8 Å². The molecule has 2 amide bonds. The molecule has 2 heterocycles. The van der Waals surface area contributed by atoms with Crippen molar-refractivity contribution in [2.75, 3.05) is 7.11 Å². The Hall–Kier alpha value is -3.32. The first-order valence-electron chi connectivity index (χ1n) is 10.3. The molecule has 0 aliphatic carbocycles. The van der Waals surface area contributed by atoms with Crippen LogP contribution in [0.25, 0.3) is 0 Å². The van der Waals surface area contributed by atoms with Gasteiger partial charge in [0, 0.05) is 18.1 Å². The summed E-state index contributed by atoms with van der Waals surface area (Å²) in [4.78, 5) is 28.5. The summed E-state index contributed by atoms with van der Waals surface area (Å²) in [5.74, 6) is 0.281. The van der Waals surface area contributed by atoms with Crippen molar-refractivity contribution in [2.45, 2.75) is 39.0 Å². The zero-order valence-corrected chi connectivity index (χ0v) is 19.0. The Morgan fingerprint density at radius 3 is 2.47 bits per heavy atom. The van der Waals surface area contributed by atoms with Gasteiger partial charge in [-0.05, 0) is 55.3 Å². The minimum atomic E-state index is -1.12. The van der Waals surface area contributed by atoms with E-state index in [4.69, 9.17) is 16.3 Å². The molecule has 0 bridgehead atoms. The summed E-state index contributed by atoms with van der Waals surface area (Å²) in [6, 6.07) is 16.5. The molecular formula is C24H25ClN4O3. The third-order valence-electron chi connectivity index (χ3n) is 5.78. The Bertz CT molecular complexity index is 1140. The Labute approximate surface area is 191 Å². The zero-order chi connectivity index (χ0) is 22.9. The van der Waals surface area contributed by atoms with Crippen molar-refractivity contribution >= 4 is 23.4 Å². The van der Waals surface area contributed by atoms with Crippen molar-refractivity contribution < 1.29 is 14.3 Å². The van der Waals surface area contributed by atoms with Crippen molar-refractivity contribution in [1.82, 2.24) is 20.0 Å². The van der Waals surface area contributed by atoms with Crippen LogP contribution in [-0.4, -0.2) is 39.1 Å². The summed E-state index contributed by atoms with van der Waals surface area (Å²) in [6.07, 6.45) is 0. The van der Waals surface area contributed by atoms with Gasteiger partial charge in [-0.2, -0.15) is 5.10 Å². The van der Waals surface area contributed by atoms with E-state index in [2.05, 4.69) is 10.4 Å². The first-order chi connectivity index (χ1) is 15.3. The van der Waals surface area contributed by atoms with E-state index in [0.717, 1.165) is 22.6 Å². The second-order valence-corrected chi connectivity index (χ2v) is 8.59. The molecule has 4 rings (SSSR count). The molecule has 1 unspecified atom stereocenters. The van der Waals surface area contributed by atoms with E-state index in [1.807, 2.05) is 43.3 Å². The molecule has 0 saturated heterocycles. The minimum absolute atomic E-state index is 0.228. The topological polar surface area (TPSA) is 76.5 Å². The fourth-order valence-corrected chi connectivity index (χ4v) is 4.03. The number of ether oxygens (including phenoxy) is 1. The first-order valence-corrected chi connectivity index (χ1v) is 10.7. The highest BCUT2D eigenvalue weighted by atomic mass is 35.5. The molecule has 1 N–H and O–H groups in total. The Balaban J connectivity index is 1.61. The van der Waals surface area contributed by atoms with Crippen LogP contribution in [0, 0.1) is 6.92 Å². The number of carbonyl (C=O) groups is 2. The van der Waals surface area contributed by atoms with Gasteiger partial charge in [0.05, 0.1) is 19.3 Å². The number of aryl methyl sites for hydroxylation is 1. The van der Waals surface area contributed by atoms with Crippen molar-refractivity contribution in [1.29, 1.82) is 0 Å². The molecular weight excluding hydrogens is 428 g/mol. The largest absolute Gasteiger partial charge is 0.497 e. The Morgan fingerprint density at radius 2 is 1.81 bits per heavy atom. The number of nitrogens with zero attached hydrogens (tertiary/aromatic N) is 3. The molecule has 0 spiro atoms. The normalized spacial score (nSPS) is 17.8. The molecule has 0 saturated carbocycles. The number of halogens is 1. The summed E-state index contributed by atoms with van der Waals surface area (Å²) in [5.41, 5.74) is 1.93. The molecule has 1 aliphatic heterocycles. The van der Waals surface area contributed by atoms with E-state index < -0.39 is 5.54 Å². The highest BCUT2D eigenvalue weighted by molar-refractivity contribution is 6.30. The van der Waals surface area contributed by atoms with Crippen LogP contribution in [0.1, 0.15) is 34.2 Å². The van der Waals surface area contributed by atoms with Gasteiger partial charge in [0.15, 0.2) is 0 Å². The van der Waals surface area contributed by atoms with Crippen LogP contribution in [0.2, 0.25) is 5.02 Å². The average Bonchev–Trinajstić information content (AvgIpc) is 3.16. The fourth-order valence-electron chi connectivity index (χ4n) is 3.91. The summed E-state index contributed by atoms with van der Waals surface area (Å²) >= 11 is 6.01. The zero-order valence-electron chi connectivity index (χ0n) is 18.3. The summed E-state index contributed by atoms with van der Waals surface area (Å²) < 4.78 is 6.81. The van der Waals surface area contributed by atoms with Crippen LogP contribution >= 0.6 is 11.6 Å². The van der Waals surface area contributed by atoms with Crippen LogP contribution in [0.5, 0.6) is 5.75 Å². The lowest BCUT2D eigenvalue weighted by Gasteiger charge is -2.43. The maximum atomic E-state index is 13.4. The molecule has 166 valence electrons. The second kappa shape index (κ2) is 8.67. The molecule has 0 radical (unpaired) electrons. The Kier molecular flexibility index (Phi) is 5.93. The third-order valence-corrected chi connectivity index (χ3v) is 6.03. The van der Waals surface area contributed by atoms with Crippen molar-refractivity contribution in [2.24, 2.45) is 0 Å². The molecule has 1 aliphatic rings. The molecule has 3 aromatic rings. The maximum Gasteiger partial charge on any atom is 0.273 e. The lowest BCUT2D eigenvalue weighted by atomic mass is 9.94. The quantitative estimate of drug-likeness (QED) is 0.620. The van der Waals surface area contributed by atoms with Crippen molar-refractivity contribution in [3.05, 3.63) is 82.1 Å². The van der Waals surface area contributed by atoms with Gasteiger partial charge in [-0.15, -0.1) is 0 Å². The predicted octanol–water partition coefficient (Wildman–Crippen LogP) is 3.58. The molecule has 1 aromatic heterocycles. The number of hydrogen-bond donors (Lipinski definition) is 1. The number of carbonyl (C=O) groups excluding carboxylic acids is 2. The monoisotopic (exact) mass is 452 g/mol. The van der Waals surface area contributed by atoms with Gasteiger partial charge in [0.1, 0.15) is 17.0 Å². The van der Waals surface area contributed by atoms with Crippen LogP contribution in [0.4, 0.5) is 0 Å². The standard InChI is InChI=1S/C24H25ClN4O3/c1-16-12-21-22(30)28(14-18-4-8-19(25)9-5-18)24(2,15-29(21)27-16)23(31)26-13-17-6-10-20(32-3)11-7-17/h4-12H,13-15H2,1-3H3,(H,26,31). The number of hydrogen-bond acceptors (Lipinski definition) is 4. The number of benzene rings is 2. The van der Waals surface area contributed by atoms with Crippen molar-refractivity contribution in [3.63, 3.8) is 0 Å². The van der Waals surface area contributed by atoms with E-state index >= 15 is 0 Å². The van der Waals surface area contributed by atoms with Crippen LogP contribution in [0.3, 0.4) is 0 Å². The van der Waals surface area contributed by atoms with E-state index in [0.29, 0.717) is 17.3 Å². The van der Waals surface area contributed by atoms with E-state index in [-0.39, 0.29) is 24.9 Å². The summed E-state index contributed by atoms with van der Waals surface area (Å²) in [5, 5.41) is 8.04. The highest BCUT2D eigenvalue weighted by Crippen LogP contribution is 2.29. The summed E-state index contributed by atoms with van der Waals surface area (Å²) in [6.45, 7) is 4.51. The predicted molar refractivity (Wildman–Crippen MR) is 122 cm³/mol. The molecule has 7 nitrogen and oxygen atoms in total. The SMILES string of the molecule is COc1ccc(CNC(=O)C2(C)Cn3nc(C)cc3C(=O)N2Cc2ccc(Cl)cc2)cc1. The first kappa shape index (κ1) is 21.9. The number of amides is 2. The van der Waals surface area contributed by atoms with Crippen molar-refractivity contribution in [3.8, 4) is 5.75 Å². The third kappa shape index (κ3) is 4.21. The van der Waals surface area contributed by atoms with E-state index in [9.17, 15) is 9.59 Å². The number of fused-ring (bicyclic) bond motifs is 1. The molecule has 2 aromatic carbocycles. The fraction of sp³-hybridized carbons (Fsp3) is 0.292. The van der Waals surface area contributed by atoms with Crippen LogP contribution in [-0.2, 0) is 24.4 Å². The van der Waals surface area contributed by atoms with Crippen LogP contribution < -0.4 is 10.1 Å². The van der Waals surface area contributed by atoms with E-state index in [1.165, 1.54) is 0 Å². The molecule has 0 fully saturated rings. The Morgan fingerprint density at radius 1 is 1.16 bits per heavy atom. The smallest absolute Gasteiger partial charge is 0.273 e. The van der Waals surface area contributed by atoms with Gasteiger partial charge in [0.25, 0.3) is 5.91 Å². The number of methoxy groups -OCH3 is 1. The molecule has 8 heteroatoms. The lowest BCUT2D eigenvalue weighted by molar-refractivity contribution is -0.133. The van der Waals surface area contributed by atoms with Gasteiger partial charge in [0.2, 0.25) is 5.91 Å². The van der Waals surface area contributed by atoms with Gasteiger partial charge >= 0.3 is 0 Å². The maximum absolute atomic E-state index is 13.4. The van der Waals surface area contributed by atoms with Gasteiger partial charge in [-0.3, -0.25) is 14.3 Å². The lowest BCUT2D eigenvalue weighted by Crippen LogP contribution is -2.63. The van der Waals surface area contributed by atoms with Crippen LogP contribution in [0.15, 0.2) is 54.6 Å². The van der Waals surface area contributed by atoms with Gasteiger partial charge in [-0.25, -0.2) is 0 Å². The second-order valence-electron chi connectivity index (χ2n) is 8.15. The molecule has 32 heavy (non-hydrogen) atoms.